The van der Waals surface area contributed by atoms with Gasteiger partial charge >= 0.3 is 5.97 Å². The first-order chi connectivity index (χ1) is 11.9. The van der Waals surface area contributed by atoms with Crippen LogP contribution >= 0.6 is 0 Å². The number of aliphatic carboxylic acids is 1. The molecular formula is C18H23N3O4. The largest absolute Gasteiger partial charge is 0.480 e. The van der Waals surface area contributed by atoms with Gasteiger partial charge in [0.15, 0.2) is 0 Å². The molecule has 0 aliphatic carbocycles. The lowest BCUT2D eigenvalue weighted by Gasteiger charge is -2.24. The number of amides is 2. The smallest absolute Gasteiger partial charge is 0.326 e. The Bertz CT molecular complexity index is 670. The summed E-state index contributed by atoms with van der Waals surface area (Å²) in [5.41, 5.74) is 1.09. The Labute approximate surface area is 146 Å². The minimum atomic E-state index is -1.07. The lowest BCUT2D eigenvalue weighted by Crippen LogP contribution is -2.46. The summed E-state index contributed by atoms with van der Waals surface area (Å²) >= 11 is 0. The van der Waals surface area contributed by atoms with Gasteiger partial charge in [-0.05, 0) is 17.9 Å². The number of carboxylic acid groups (broad SMARTS) is 1. The van der Waals surface area contributed by atoms with Crippen molar-refractivity contribution in [3.63, 3.8) is 0 Å². The van der Waals surface area contributed by atoms with Crippen molar-refractivity contribution in [1.29, 1.82) is 0 Å². The van der Waals surface area contributed by atoms with E-state index in [4.69, 9.17) is 0 Å². The molecule has 0 saturated heterocycles. The van der Waals surface area contributed by atoms with Crippen LogP contribution in [0, 0.1) is 5.92 Å². The molecule has 7 nitrogen and oxygen atoms in total. The third-order valence-corrected chi connectivity index (χ3v) is 3.85. The predicted octanol–water partition coefficient (Wildman–Crippen LogP) is 1.78. The Morgan fingerprint density at radius 3 is 2.52 bits per heavy atom. The maximum absolute atomic E-state index is 12.4. The molecule has 0 bridgehead atoms. The van der Waals surface area contributed by atoms with E-state index >= 15 is 0 Å². The van der Waals surface area contributed by atoms with Crippen molar-refractivity contribution in [2.24, 2.45) is 11.0 Å². The zero-order chi connectivity index (χ0) is 18.4. The van der Waals surface area contributed by atoms with Crippen molar-refractivity contribution < 1.29 is 19.5 Å². The van der Waals surface area contributed by atoms with Gasteiger partial charge < -0.3 is 10.4 Å². The fourth-order valence-electron chi connectivity index (χ4n) is 2.58. The summed E-state index contributed by atoms with van der Waals surface area (Å²) in [5, 5.41) is 17.2. The number of rotatable bonds is 7. The highest BCUT2D eigenvalue weighted by atomic mass is 16.4. The topological polar surface area (TPSA) is 99.1 Å². The van der Waals surface area contributed by atoms with Gasteiger partial charge in [-0.3, -0.25) is 9.59 Å². The minimum absolute atomic E-state index is 0.130. The molecule has 2 amide bonds. The molecule has 0 aromatic heterocycles. The van der Waals surface area contributed by atoms with E-state index < -0.39 is 17.9 Å². The quantitative estimate of drug-likeness (QED) is 0.787. The Morgan fingerprint density at radius 2 is 1.92 bits per heavy atom. The third kappa shape index (κ3) is 5.41. The third-order valence-electron chi connectivity index (χ3n) is 3.85. The van der Waals surface area contributed by atoms with Gasteiger partial charge in [0.25, 0.3) is 5.91 Å². The van der Waals surface area contributed by atoms with Gasteiger partial charge in [0, 0.05) is 12.8 Å². The van der Waals surface area contributed by atoms with Crippen LogP contribution in [0.25, 0.3) is 0 Å². The highest BCUT2D eigenvalue weighted by molar-refractivity contribution is 6.39. The van der Waals surface area contributed by atoms with Crippen LogP contribution in [0.15, 0.2) is 35.4 Å². The summed E-state index contributed by atoms with van der Waals surface area (Å²) in [7, 11) is 0. The maximum atomic E-state index is 12.4. The van der Waals surface area contributed by atoms with Crippen molar-refractivity contribution in [3.8, 4) is 0 Å². The maximum Gasteiger partial charge on any atom is 0.326 e. The number of hydrazone groups is 1. The summed E-state index contributed by atoms with van der Waals surface area (Å²) in [6, 6.07) is 8.40. The molecule has 1 atom stereocenters. The SMILES string of the molecule is CC(C)CC(NC(=O)C1=NN(Cc2ccccc2)C(=O)CC1)C(=O)O. The number of hydrogen-bond acceptors (Lipinski definition) is 4. The first kappa shape index (κ1) is 18.6. The summed E-state index contributed by atoms with van der Waals surface area (Å²) in [6.07, 6.45) is 0.728. The molecule has 0 spiro atoms. The number of hydrogen-bond donors (Lipinski definition) is 2. The van der Waals surface area contributed by atoms with Gasteiger partial charge in [-0.1, -0.05) is 44.2 Å². The molecule has 1 unspecified atom stereocenters. The summed E-state index contributed by atoms with van der Waals surface area (Å²) in [4.78, 5) is 35.7. The van der Waals surface area contributed by atoms with E-state index in [1.165, 1.54) is 5.01 Å². The number of nitrogens with zero attached hydrogens (tertiary/aromatic N) is 2. The fraction of sp³-hybridized carbons (Fsp3) is 0.444. The van der Waals surface area contributed by atoms with E-state index in [-0.39, 0.29) is 36.9 Å². The van der Waals surface area contributed by atoms with E-state index in [0.717, 1.165) is 5.56 Å². The number of nitrogens with one attached hydrogen (secondary N) is 1. The number of carbonyl (C=O) groups is 3. The zero-order valence-electron chi connectivity index (χ0n) is 14.4. The number of carboxylic acids is 1. The fourth-order valence-corrected chi connectivity index (χ4v) is 2.58. The summed E-state index contributed by atoms with van der Waals surface area (Å²) < 4.78 is 0. The second-order valence-electron chi connectivity index (χ2n) is 6.48. The molecule has 0 fully saturated rings. The molecule has 7 heteroatoms. The standard InChI is InChI=1S/C18H23N3O4/c1-12(2)10-15(18(24)25)19-17(23)14-8-9-16(22)21(20-14)11-13-6-4-3-5-7-13/h3-7,12,15H,8-11H2,1-2H3,(H,19,23)(H,24,25). The van der Waals surface area contributed by atoms with Crippen molar-refractivity contribution in [1.82, 2.24) is 10.3 Å². The van der Waals surface area contributed by atoms with Gasteiger partial charge in [0.2, 0.25) is 5.91 Å². The predicted molar refractivity (Wildman–Crippen MR) is 92.7 cm³/mol. The van der Waals surface area contributed by atoms with Crippen LogP contribution < -0.4 is 5.32 Å². The normalized spacial score (nSPS) is 15.7. The molecule has 2 rings (SSSR count). The van der Waals surface area contributed by atoms with Crippen LogP contribution in [-0.4, -0.2) is 39.7 Å². The van der Waals surface area contributed by atoms with E-state index in [2.05, 4.69) is 10.4 Å². The van der Waals surface area contributed by atoms with Crippen molar-refractivity contribution in [3.05, 3.63) is 35.9 Å². The van der Waals surface area contributed by atoms with Gasteiger partial charge in [-0.25, -0.2) is 9.80 Å². The number of carbonyl (C=O) groups excluding carboxylic acids is 2. The molecule has 0 radical (unpaired) electrons. The van der Waals surface area contributed by atoms with Crippen LogP contribution in [0.3, 0.4) is 0 Å². The molecule has 0 saturated carbocycles. The monoisotopic (exact) mass is 345 g/mol. The molecule has 25 heavy (non-hydrogen) atoms. The van der Waals surface area contributed by atoms with Crippen molar-refractivity contribution in [2.75, 3.05) is 0 Å². The Balaban J connectivity index is 2.08. The van der Waals surface area contributed by atoms with Crippen LogP contribution in [0.1, 0.15) is 38.7 Å². The van der Waals surface area contributed by atoms with Crippen molar-refractivity contribution in [2.45, 2.75) is 45.7 Å². The Kier molecular flexibility index (Phi) is 6.27. The zero-order valence-corrected chi connectivity index (χ0v) is 14.4. The lowest BCUT2D eigenvalue weighted by atomic mass is 10.0. The summed E-state index contributed by atoms with van der Waals surface area (Å²) in [6.45, 7) is 4.06. The number of benzene rings is 1. The lowest BCUT2D eigenvalue weighted by molar-refractivity contribution is -0.141. The van der Waals surface area contributed by atoms with Crippen LogP contribution in [0.2, 0.25) is 0 Å². The second kappa shape index (κ2) is 8.41. The van der Waals surface area contributed by atoms with Gasteiger partial charge in [0.05, 0.1) is 6.54 Å². The molecule has 1 aliphatic heterocycles. The van der Waals surface area contributed by atoms with Gasteiger partial charge in [0.1, 0.15) is 11.8 Å². The van der Waals surface area contributed by atoms with Crippen LogP contribution in [-0.2, 0) is 20.9 Å². The molecular weight excluding hydrogens is 322 g/mol. The highest BCUT2D eigenvalue weighted by Crippen LogP contribution is 2.14. The summed E-state index contributed by atoms with van der Waals surface area (Å²) in [5.74, 6) is -1.63. The Hall–Kier alpha value is -2.70. The van der Waals surface area contributed by atoms with E-state index in [9.17, 15) is 19.5 Å². The second-order valence-corrected chi connectivity index (χ2v) is 6.48. The van der Waals surface area contributed by atoms with E-state index in [1.807, 2.05) is 44.2 Å². The molecule has 1 heterocycles. The minimum Gasteiger partial charge on any atom is -0.480 e. The first-order valence-electron chi connectivity index (χ1n) is 8.32. The molecule has 134 valence electrons. The highest BCUT2D eigenvalue weighted by Gasteiger charge is 2.28. The molecule has 1 aromatic rings. The Morgan fingerprint density at radius 1 is 1.24 bits per heavy atom. The van der Waals surface area contributed by atoms with Crippen molar-refractivity contribution >= 4 is 23.5 Å². The van der Waals surface area contributed by atoms with Gasteiger partial charge in [-0.2, -0.15) is 5.10 Å². The van der Waals surface area contributed by atoms with Crippen LogP contribution in [0.5, 0.6) is 0 Å². The molecule has 1 aliphatic rings. The van der Waals surface area contributed by atoms with E-state index in [0.29, 0.717) is 6.42 Å². The average molecular weight is 345 g/mol. The van der Waals surface area contributed by atoms with E-state index in [1.54, 1.807) is 0 Å². The first-order valence-corrected chi connectivity index (χ1v) is 8.32. The average Bonchev–Trinajstić information content (AvgIpc) is 2.56. The molecule has 2 N–H and O–H groups in total. The molecule has 1 aromatic carbocycles. The van der Waals surface area contributed by atoms with Crippen LogP contribution in [0.4, 0.5) is 0 Å². The van der Waals surface area contributed by atoms with Gasteiger partial charge in [-0.15, -0.1) is 0 Å².